The first-order valence-electron chi connectivity index (χ1n) is 11.6. The van der Waals surface area contributed by atoms with Crippen molar-refractivity contribution in [1.82, 2.24) is 15.5 Å². The molecule has 1 saturated heterocycles. The summed E-state index contributed by atoms with van der Waals surface area (Å²) in [6.45, 7) is 8.82. The zero-order valence-electron chi connectivity index (χ0n) is 20.3. The molecular weight excluding hydrogens is 432 g/mol. The number of nitrogens with one attached hydrogen (secondary N) is 1. The first-order valence-corrected chi connectivity index (χ1v) is 11.6. The number of rotatable bonds is 8. The molecule has 4 rings (SSSR count). The van der Waals surface area contributed by atoms with Gasteiger partial charge in [0.25, 0.3) is 5.91 Å². The monoisotopic (exact) mass is 464 g/mol. The largest absolute Gasteiger partial charge is 0.493 e. The maximum absolute atomic E-state index is 12.7. The van der Waals surface area contributed by atoms with E-state index in [0.29, 0.717) is 30.2 Å². The van der Waals surface area contributed by atoms with E-state index in [9.17, 15) is 4.79 Å². The van der Waals surface area contributed by atoms with E-state index in [-0.39, 0.29) is 5.91 Å². The van der Waals surface area contributed by atoms with Crippen LogP contribution in [0.1, 0.15) is 52.7 Å². The lowest BCUT2D eigenvalue weighted by molar-refractivity contribution is 0.0950. The van der Waals surface area contributed by atoms with Crippen LogP contribution in [0, 0.1) is 19.8 Å². The fourth-order valence-corrected chi connectivity index (χ4v) is 4.02. The highest BCUT2D eigenvalue weighted by atomic mass is 16.5. The molecule has 8 nitrogen and oxygen atoms in total. The standard InChI is InChI=1S/C26H32N4O4/c1-17-9-11-30(12-10-17)25-8-5-20(14-27-25)15-28-26(31)21-6-7-23(24(13-21)32-4)33-16-22-18(2)29-34-19(22)3/h5-8,13-14,17H,9-12,15-16H2,1-4H3,(H,28,31). The Morgan fingerprint density at radius 3 is 2.62 bits per heavy atom. The van der Waals surface area contributed by atoms with Gasteiger partial charge in [0.05, 0.1) is 18.4 Å². The first kappa shape index (κ1) is 23.6. The predicted octanol–water partition coefficient (Wildman–Crippen LogP) is 4.44. The summed E-state index contributed by atoms with van der Waals surface area (Å²) in [5, 5.41) is 6.89. The maximum Gasteiger partial charge on any atom is 0.251 e. The van der Waals surface area contributed by atoms with E-state index in [1.165, 1.54) is 12.8 Å². The molecule has 0 unspecified atom stereocenters. The van der Waals surface area contributed by atoms with Crippen molar-refractivity contribution in [2.45, 2.75) is 46.8 Å². The van der Waals surface area contributed by atoms with Gasteiger partial charge in [0.15, 0.2) is 11.5 Å². The molecule has 2 aromatic heterocycles. The van der Waals surface area contributed by atoms with E-state index in [1.54, 1.807) is 25.3 Å². The summed E-state index contributed by atoms with van der Waals surface area (Å²) < 4.78 is 16.5. The average molecular weight is 465 g/mol. The molecular formula is C26H32N4O4. The minimum absolute atomic E-state index is 0.190. The SMILES string of the molecule is COc1cc(C(=O)NCc2ccc(N3CCC(C)CC3)nc2)ccc1OCc1c(C)noc1C. The topological polar surface area (TPSA) is 89.7 Å². The van der Waals surface area contributed by atoms with Gasteiger partial charge in [-0.05, 0) is 62.4 Å². The van der Waals surface area contributed by atoms with Crippen LogP contribution in [-0.2, 0) is 13.2 Å². The second kappa shape index (κ2) is 10.6. The maximum atomic E-state index is 12.7. The lowest BCUT2D eigenvalue weighted by atomic mass is 9.99. The van der Waals surface area contributed by atoms with Gasteiger partial charge >= 0.3 is 0 Å². The van der Waals surface area contributed by atoms with Gasteiger partial charge < -0.3 is 24.2 Å². The molecule has 1 aliphatic heterocycles. The molecule has 34 heavy (non-hydrogen) atoms. The zero-order valence-corrected chi connectivity index (χ0v) is 20.3. The normalized spacial score (nSPS) is 14.2. The van der Waals surface area contributed by atoms with E-state index >= 15 is 0 Å². The molecule has 3 aromatic rings. The van der Waals surface area contributed by atoms with E-state index in [0.717, 1.165) is 47.4 Å². The number of ether oxygens (including phenoxy) is 2. The molecule has 0 bridgehead atoms. The Hall–Kier alpha value is -3.55. The lowest BCUT2D eigenvalue weighted by Crippen LogP contribution is -2.33. The molecule has 3 heterocycles. The van der Waals surface area contributed by atoms with Crippen LogP contribution in [-0.4, -0.2) is 36.2 Å². The van der Waals surface area contributed by atoms with Gasteiger partial charge in [-0.1, -0.05) is 18.1 Å². The van der Waals surface area contributed by atoms with Crippen molar-refractivity contribution in [2.75, 3.05) is 25.1 Å². The van der Waals surface area contributed by atoms with E-state index in [4.69, 9.17) is 14.0 Å². The average Bonchev–Trinajstić information content (AvgIpc) is 3.18. The molecule has 0 saturated carbocycles. The summed E-state index contributed by atoms with van der Waals surface area (Å²) in [6, 6.07) is 9.19. The Morgan fingerprint density at radius 2 is 1.97 bits per heavy atom. The van der Waals surface area contributed by atoms with Crippen LogP contribution in [0.15, 0.2) is 41.1 Å². The predicted molar refractivity (Wildman–Crippen MR) is 129 cm³/mol. The fraction of sp³-hybridized carbons (Fsp3) is 0.423. The van der Waals surface area contributed by atoms with Gasteiger partial charge in [-0.2, -0.15) is 0 Å². The van der Waals surface area contributed by atoms with Crippen molar-refractivity contribution in [3.63, 3.8) is 0 Å². The van der Waals surface area contributed by atoms with Gasteiger partial charge in [-0.25, -0.2) is 4.98 Å². The Balaban J connectivity index is 1.33. The van der Waals surface area contributed by atoms with Gasteiger partial charge in [-0.15, -0.1) is 0 Å². The smallest absolute Gasteiger partial charge is 0.251 e. The third-order valence-electron chi connectivity index (χ3n) is 6.35. The van der Waals surface area contributed by atoms with E-state index < -0.39 is 0 Å². The highest BCUT2D eigenvalue weighted by molar-refractivity contribution is 5.94. The number of hydrogen-bond donors (Lipinski definition) is 1. The molecule has 0 aliphatic carbocycles. The van der Waals surface area contributed by atoms with Crippen LogP contribution >= 0.6 is 0 Å². The van der Waals surface area contributed by atoms with Gasteiger partial charge in [0.1, 0.15) is 18.2 Å². The Labute approximate surface area is 200 Å². The number of amides is 1. The molecule has 180 valence electrons. The summed E-state index contributed by atoms with van der Waals surface area (Å²) in [4.78, 5) is 19.6. The van der Waals surface area contributed by atoms with Crippen LogP contribution in [0.3, 0.4) is 0 Å². The number of pyridine rings is 1. The number of aromatic nitrogens is 2. The van der Waals surface area contributed by atoms with Crippen LogP contribution in [0.5, 0.6) is 11.5 Å². The number of hydrogen-bond acceptors (Lipinski definition) is 7. The number of anilines is 1. The van der Waals surface area contributed by atoms with Crippen LogP contribution in [0.4, 0.5) is 5.82 Å². The molecule has 1 fully saturated rings. The number of methoxy groups -OCH3 is 1. The second-order valence-corrected chi connectivity index (χ2v) is 8.83. The van der Waals surface area contributed by atoms with Crippen molar-refractivity contribution < 1.29 is 18.8 Å². The van der Waals surface area contributed by atoms with Crippen molar-refractivity contribution in [3.8, 4) is 11.5 Å². The summed E-state index contributed by atoms with van der Waals surface area (Å²) in [6.07, 6.45) is 4.24. The Bertz CT molecular complexity index is 1100. The molecule has 1 aliphatic rings. The summed E-state index contributed by atoms with van der Waals surface area (Å²) in [7, 11) is 1.55. The minimum Gasteiger partial charge on any atom is -0.493 e. The quantitative estimate of drug-likeness (QED) is 0.527. The van der Waals surface area contributed by atoms with Crippen molar-refractivity contribution in [3.05, 3.63) is 64.7 Å². The third-order valence-corrected chi connectivity index (χ3v) is 6.35. The van der Waals surface area contributed by atoms with E-state index in [1.807, 2.05) is 32.2 Å². The van der Waals surface area contributed by atoms with E-state index in [2.05, 4.69) is 27.3 Å². The third kappa shape index (κ3) is 5.50. The van der Waals surface area contributed by atoms with Crippen molar-refractivity contribution in [1.29, 1.82) is 0 Å². The minimum atomic E-state index is -0.190. The number of carbonyl (C=O) groups is 1. The van der Waals surface area contributed by atoms with Crippen LogP contribution < -0.4 is 19.7 Å². The summed E-state index contributed by atoms with van der Waals surface area (Å²) >= 11 is 0. The number of nitrogens with zero attached hydrogens (tertiary/aromatic N) is 3. The van der Waals surface area contributed by atoms with Gasteiger partial charge in [-0.3, -0.25) is 4.79 Å². The van der Waals surface area contributed by atoms with Crippen molar-refractivity contribution >= 4 is 11.7 Å². The van der Waals surface area contributed by atoms with Crippen LogP contribution in [0.2, 0.25) is 0 Å². The molecule has 0 radical (unpaired) electrons. The lowest BCUT2D eigenvalue weighted by Gasteiger charge is -2.31. The summed E-state index contributed by atoms with van der Waals surface area (Å²) in [5.41, 5.74) is 3.14. The fourth-order valence-electron chi connectivity index (χ4n) is 4.02. The number of carbonyl (C=O) groups excluding carboxylic acids is 1. The highest BCUT2D eigenvalue weighted by Crippen LogP contribution is 2.29. The Morgan fingerprint density at radius 1 is 1.18 bits per heavy atom. The molecule has 0 spiro atoms. The number of aryl methyl sites for hydroxylation is 2. The van der Waals surface area contributed by atoms with Gasteiger partial charge in [0, 0.05) is 31.4 Å². The number of benzene rings is 1. The molecule has 1 amide bonds. The van der Waals surface area contributed by atoms with Gasteiger partial charge in [0.2, 0.25) is 0 Å². The second-order valence-electron chi connectivity index (χ2n) is 8.83. The highest BCUT2D eigenvalue weighted by Gasteiger charge is 2.17. The Kier molecular flexibility index (Phi) is 7.35. The molecule has 1 aromatic carbocycles. The summed E-state index contributed by atoms with van der Waals surface area (Å²) in [5.74, 6) is 3.35. The van der Waals surface area contributed by atoms with Crippen molar-refractivity contribution in [2.24, 2.45) is 5.92 Å². The molecule has 8 heteroatoms. The number of piperidine rings is 1. The molecule has 0 atom stereocenters. The first-order chi connectivity index (χ1) is 16.4. The molecule has 1 N–H and O–H groups in total. The zero-order chi connectivity index (χ0) is 24.1. The van der Waals surface area contributed by atoms with Crippen LogP contribution in [0.25, 0.3) is 0 Å².